The molecule has 1 aromatic rings. The summed E-state index contributed by atoms with van der Waals surface area (Å²) in [5, 5.41) is 2.91. The molecule has 1 fully saturated rings. The van der Waals surface area contributed by atoms with Crippen LogP contribution < -0.4 is 10.0 Å². The van der Waals surface area contributed by atoms with Gasteiger partial charge in [-0.2, -0.15) is 0 Å². The second kappa shape index (κ2) is 7.31. The van der Waals surface area contributed by atoms with E-state index in [1.165, 1.54) is 12.1 Å². The van der Waals surface area contributed by atoms with Crippen LogP contribution in [0, 0.1) is 11.7 Å². The average molecular weight is 316 g/mol. The summed E-state index contributed by atoms with van der Waals surface area (Å²) in [6.07, 6.45) is 1.85. The van der Waals surface area contributed by atoms with Gasteiger partial charge in [0.05, 0.1) is 6.61 Å². The fourth-order valence-corrected chi connectivity index (χ4v) is 3.58. The van der Waals surface area contributed by atoms with Gasteiger partial charge < -0.3 is 10.1 Å². The standard InChI is InChI=1S/C14H21FN2O3S/c1-16-8-11-4-5-13(15)14(7-11)21(18,19)17-9-12-3-2-6-20-10-12/h4-5,7,12,16-17H,2-3,6,8-10H2,1H3. The number of sulfonamides is 1. The number of hydrogen-bond donors (Lipinski definition) is 2. The number of hydrogen-bond acceptors (Lipinski definition) is 4. The molecule has 2 N–H and O–H groups in total. The summed E-state index contributed by atoms with van der Waals surface area (Å²) in [5.74, 6) is -0.584. The van der Waals surface area contributed by atoms with Crippen molar-refractivity contribution in [3.05, 3.63) is 29.6 Å². The van der Waals surface area contributed by atoms with E-state index in [4.69, 9.17) is 4.74 Å². The fraction of sp³-hybridized carbons (Fsp3) is 0.571. The quantitative estimate of drug-likeness (QED) is 0.829. The highest BCUT2D eigenvalue weighted by Crippen LogP contribution is 2.18. The Bertz CT molecular complexity index is 572. The predicted molar refractivity (Wildman–Crippen MR) is 77.9 cm³/mol. The zero-order valence-electron chi connectivity index (χ0n) is 12.1. The molecule has 1 aromatic carbocycles. The molecule has 1 heterocycles. The minimum atomic E-state index is -3.84. The minimum absolute atomic E-state index is 0.150. The van der Waals surface area contributed by atoms with Crippen molar-refractivity contribution in [1.82, 2.24) is 10.0 Å². The molecule has 0 radical (unpaired) electrons. The number of rotatable bonds is 6. The third kappa shape index (κ3) is 4.47. The van der Waals surface area contributed by atoms with Crippen LogP contribution in [-0.2, 0) is 21.3 Å². The average Bonchev–Trinajstić information content (AvgIpc) is 2.48. The zero-order chi connectivity index (χ0) is 15.3. The Morgan fingerprint density at radius 2 is 2.24 bits per heavy atom. The van der Waals surface area contributed by atoms with Crippen molar-refractivity contribution in [3.63, 3.8) is 0 Å². The molecule has 118 valence electrons. The molecule has 5 nitrogen and oxygen atoms in total. The summed E-state index contributed by atoms with van der Waals surface area (Å²) in [4.78, 5) is -0.299. The maximum atomic E-state index is 13.8. The lowest BCUT2D eigenvalue weighted by Crippen LogP contribution is -2.33. The van der Waals surface area contributed by atoms with Gasteiger partial charge in [-0.1, -0.05) is 6.07 Å². The lowest BCUT2D eigenvalue weighted by molar-refractivity contribution is 0.0568. The summed E-state index contributed by atoms with van der Waals surface area (Å²) in [7, 11) is -2.09. The Kier molecular flexibility index (Phi) is 5.69. The lowest BCUT2D eigenvalue weighted by Gasteiger charge is -2.22. The molecule has 1 unspecified atom stereocenters. The molecule has 0 bridgehead atoms. The highest BCUT2D eigenvalue weighted by molar-refractivity contribution is 7.89. The van der Waals surface area contributed by atoms with Gasteiger partial charge in [-0.25, -0.2) is 17.5 Å². The van der Waals surface area contributed by atoms with Crippen LogP contribution in [0.25, 0.3) is 0 Å². The van der Waals surface area contributed by atoms with Gasteiger partial charge in [0, 0.05) is 19.7 Å². The molecule has 0 saturated carbocycles. The highest BCUT2D eigenvalue weighted by atomic mass is 32.2. The van der Waals surface area contributed by atoms with Crippen LogP contribution in [0.5, 0.6) is 0 Å². The monoisotopic (exact) mass is 316 g/mol. The van der Waals surface area contributed by atoms with Crippen LogP contribution in [0.4, 0.5) is 4.39 Å². The third-order valence-corrected chi connectivity index (χ3v) is 4.92. The van der Waals surface area contributed by atoms with Crippen LogP contribution in [0.15, 0.2) is 23.1 Å². The summed E-state index contributed by atoms with van der Waals surface area (Å²) >= 11 is 0. The molecule has 1 atom stereocenters. The molecule has 0 aliphatic carbocycles. The van der Waals surface area contributed by atoms with E-state index in [1.807, 2.05) is 0 Å². The second-order valence-electron chi connectivity index (χ2n) is 5.23. The molecular formula is C14H21FN2O3S. The van der Waals surface area contributed by atoms with E-state index in [0.29, 0.717) is 13.2 Å². The third-order valence-electron chi connectivity index (χ3n) is 3.48. The van der Waals surface area contributed by atoms with Crippen LogP contribution in [0.1, 0.15) is 18.4 Å². The fourth-order valence-electron chi connectivity index (χ4n) is 2.34. The molecule has 7 heteroatoms. The maximum absolute atomic E-state index is 13.8. The predicted octanol–water partition coefficient (Wildman–Crippen LogP) is 1.25. The lowest BCUT2D eigenvalue weighted by atomic mass is 10.0. The van der Waals surface area contributed by atoms with Gasteiger partial charge in [0.1, 0.15) is 10.7 Å². The first kappa shape index (κ1) is 16.4. The number of nitrogens with one attached hydrogen (secondary N) is 2. The first-order chi connectivity index (χ1) is 10.0. The first-order valence-corrected chi connectivity index (χ1v) is 8.51. The number of benzene rings is 1. The number of halogens is 1. The van der Waals surface area contributed by atoms with E-state index in [9.17, 15) is 12.8 Å². The normalized spacial score (nSPS) is 19.6. The smallest absolute Gasteiger partial charge is 0.243 e. The van der Waals surface area contributed by atoms with Gasteiger partial charge in [-0.15, -0.1) is 0 Å². The molecule has 0 aromatic heterocycles. The topological polar surface area (TPSA) is 67.4 Å². The summed E-state index contributed by atoms with van der Waals surface area (Å²) in [6.45, 7) is 2.03. The Morgan fingerprint density at radius 3 is 2.90 bits per heavy atom. The van der Waals surface area contributed by atoms with Crippen molar-refractivity contribution in [2.24, 2.45) is 5.92 Å². The van der Waals surface area contributed by atoms with Gasteiger partial charge in [0.25, 0.3) is 0 Å². The van der Waals surface area contributed by atoms with Gasteiger partial charge in [-0.05, 0) is 43.5 Å². The van der Waals surface area contributed by atoms with Gasteiger partial charge in [0.2, 0.25) is 10.0 Å². The van der Waals surface area contributed by atoms with Crippen molar-refractivity contribution in [3.8, 4) is 0 Å². The van der Waals surface area contributed by atoms with Crippen molar-refractivity contribution in [2.75, 3.05) is 26.8 Å². The van der Waals surface area contributed by atoms with Gasteiger partial charge in [0.15, 0.2) is 0 Å². The maximum Gasteiger partial charge on any atom is 0.243 e. The van der Waals surface area contributed by atoms with Crippen molar-refractivity contribution >= 4 is 10.0 Å². The molecule has 1 aliphatic rings. The zero-order valence-corrected chi connectivity index (χ0v) is 12.9. The molecule has 0 amide bonds. The Hall–Kier alpha value is -1.02. The van der Waals surface area contributed by atoms with Crippen LogP contribution >= 0.6 is 0 Å². The van der Waals surface area contributed by atoms with E-state index in [1.54, 1.807) is 13.1 Å². The van der Waals surface area contributed by atoms with Crippen molar-refractivity contribution < 1.29 is 17.5 Å². The molecule has 1 aliphatic heterocycles. The van der Waals surface area contributed by atoms with Crippen molar-refractivity contribution in [2.45, 2.75) is 24.3 Å². The second-order valence-corrected chi connectivity index (χ2v) is 6.97. The first-order valence-electron chi connectivity index (χ1n) is 7.03. The minimum Gasteiger partial charge on any atom is -0.381 e. The molecule has 21 heavy (non-hydrogen) atoms. The van der Waals surface area contributed by atoms with E-state index in [-0.39, 0.29) is 17.4 Å². The van der Waals surface area contributed by atoms with Crippen LogP contribution in [0.2, 0.25) is 0 Å². The Labute approximate surface area is 124 Å². The molecule has 1 saturated heterocycles. The van der Waals surface area contributed by atoms with Gasteiger partial charge in [-0.3, -0.25) is 0 Å². The van der Waals surface area contributed by atoms with Crippen LogP contribution in [-0.4, -0.2) is 35.2 Å². The Balaban J connectivity index is 2.08. The highest BCUT2D eigenvalue weighted by Gasteiger charge is 2.22. The molecule has 2 rings (SSSR count). The summed E-state index contributed by atoms with van der Waals surface area (Å²) in [6, 6.07) is 4.12. The van der Waals surface area contributed by atoms with E-state index in [0.717, 1.165) is 25.0 Å². The van der Waals surface area contributed by atoms with E-state index < -0.39 is 15.8 Å². The Morgan fingerprint density at radius 1 is 1.43 bits per heavy atom. The molecule has 0 spiro atoms. The van der Waals surface area contributed by atoms with Gasteiger partial charge >= 0.3 is 0 Å². The SMILES string of the molecule is CNCc1ccc(F)c(S(=O)(=O)NCC2CCCOC2)c1. The van der Waals surface area contributed by atoms with Crippen molar-refractivity contribution in [1.29, 1.82) is 0 Å². The van der Waals surface area contributed by atoms with E-state index in [2.05, 4.69) is 10.0 Å². The van der Waals surface area contributed by atoms with E-state index >= 15 is 0 Å². The number of ether oxygens (including phenoxy) is 1. The molecular weight excluding hydrogens is 295 g/mol. The summed E-state index contributed by atoms with van der Waals surface area (Å²) < 4.78 is 46.1. The van der Waals surface area contributed by atoms with Crippen LogP contribution in [0.3, 0.4) is 0 Å². The summed E-state index contributed by atoms with van der Waals surface area (Å²) in [5.41, 5.74) is 0.722. The largest absolute Gasteiger partial charge is 0.381 e.